The maximum Gasteiger partial charge on any atom is 0.270 e. The molecule has 1 fully saturated rings. The van der Waals surface area contributed by atoms with Gasteiger partial charge in [-0.15, -0.1) is 0 Å². The van der Waals surface area contributed by atoms with E-state index in [4.69, 9.17) is 0 Å². The highest BCUT2D eigenvalue weighted by atomic mass is 16.2. The SMILES string of the molecule is CC(C)(C)c1ccc(CC(=O)N2CCCN(C(=O)c3ccc[nH]3)CC2)cc1. The van der Waals surface area contributed by atoms with Crippen molar-refractivity contribution >= 4 is 11.8 Å². The third-order valence-corrected chi connectivity index (χ3v) is 5.14. The topological polar surface area (TPSA) is 56.4 Å². The Morgan fingerprint density at radius 1 is 0.963 bits per heavy atom. The zero-order chi connectivity index (χ0) is 19.4. The fraction of sp³-hybridized carbons (Fsp3) is 0.455. The van der Waals surface area contributed by atoms with Gasteiger partial charge >= 0.3 is 0 Å². The van der Waals surface area contributed by atoms with Gasteiger partial charge in [-0.2, -0.15) is 0 Å². The summed E-state index contributed by atoms with van der Waals surface area (Å²) < 4.78 is 0. The van der Waals surface area contributed by atoms with Crippen LogP contribution in [0.2, 0.25) is 0 Å². The van der Waals surface area contributed by atoms with E-state index in [0.29, 0.717) is 38.3 Å². The molecule has 0 aliphatic carbocycles. The first-order valence-corrected chi connectivity index (χ1v) is 9.64. The van der Waals surface area contributed by atoms with E-state index in [1.54, 1.807) is 12.3 Å². The lowest BCUT2D eigenvalue weighted by atomic mass is 9.86. The Bertz CT molecular complexity index is 773. The Hall–Kier alpha value is -2.56. The standard InChI is InChI=1S/C22H29N3O2/c1-22(2,3)18-9-7-17(8-10-18)16-20(26)24-12-5-13-25(15-14-24)21(27)19-6-4-11-23-19/h4,6-11,23H,5,12-16H2,1-3H3. The van der Waals surface area contributed by atoms with Gasteiger partial charge in [0.15, 0.2) is 0 Å². The third kappa shape index (κ3) is 4.79. The largest absolute Gasteiger partial charge is 0.357 e. The van der Waals surface area contributed by atoms with E-state index >= 15 is 0 Å². The van der Waals surface area contributed by atoms with Crippen molar-refractivity contribution in [1.82, 2.24) is 14.8 Å². The summed E-state index contributed by atoms with van der Waals surface area (Å²) in [6.45, 7) is 9.10. The van der Waals surface area contributed by atoms with E-state index in [1.807, 2.05) is 15.9 Å². The summed E-state index contributed by atoms with van der Waals surface area (Å²) in [4.78, 5) is 31.9. The van der Waals surface area contributed by atoms with Crippen LogP contribution in [0.4, 0.5) is 0 Å². The second-order valence-corrected chi connectivity index (χ2v) is 8.23. The Kier molecular flexibility index (Phi) is 5.68. The minimum Gasteiger partial charge on any atom is -0.357 e. The second-order valence-electron chi connectivity index (χ2n) is 8.23. The highest BCUT2D eigenvalue weighted by Crippen LogP contribution is 2.22. The molecule has 1 aliphatic heterocycles. The van der Waals surface area contributed by atoms with E-state index in [1.165, 1.54) is 5.56 Å². The number of benzene rings is 1. The number of aromatic amines is 1. The lowest BCUT2D eigenvalue weighted by molar-refractivity contribution is -0.130. The molecular formula is C22H29N3O2. The monoisotopic (exact) mass is 367 g/mol. The molecule has 2 amide bonds. The number of H-pyrrole nitrogens is 1. The molecule has 1 aromatic heterocycles. The van der Waals surface area contributed by atoms with Crippen molar-refractivity contribution in [3.63, 3.8) is 0 Å². The van der Waals surface area contributed by atoms with Crippen LogP contribution in [0.1, 0.15) is 48.8 Å². The number of rotatable bonds is 3. The molecule has 2 heterocycles. The van der Waals surface area contributed by atoms with E-state index < -0.39 is 0 Å². The summed E-state index contributed by atoms with van der Waals surface area (Å²) >= 11 is 0. The summed E-state index contributed by atoms with van der Waals surface area (Å²) in [5.41, 5.74) is 3.03. The molecule has 0 saturated carbocycles. The van der Waals surface area contributed by atoms with Crippen molar-refractivity contribution < 1.29 is 9.59 Å². The van der Waals surface area contributed by atoms with Crippen molar-refractivity contribution in [2.24, 2.45) is 0 Å². The molecule has 5 nitrogen and oxygen atoms in total. The number of nitrogens with one attached hydrogen (secondary N) is 1. The number of aromatic nitrogens is 1. The molecule has 5 heteroatoms. The van der Waals surface area contributed by atoms with Crippen LogP contribution < -0.4 is 0 Å². The zero-order valence-corrected chi connectivity index (χ0v) is 16.5. The van der Waals surface area contributed by atoms with Gasteiger partial charge in [0.1, 0.15) is 5.69 Å². The molecule has 0 spiro atoms. The molecule has 1 aliphatic rings. The normalized spacial score (nSPS) is 15.5. The van der Waals surface area contributed by atoms with Crippen molar-refractivity contribution in [1.29, 1.82) is 0 Å². The molecule has 3 rings (SSSR count). The fourth-order valence-electron chi connectivity index (χ4n) is 3.41. The number of carbonyl (C=O) groups excluding carboxylic acids is 2. The van der Waals surface area contributed by atoms with Gasteiger partial charge in [0, 0.05) is 32.4 Å². The number of nitrogens with zero attached hydrogens (tertiary/aromatic N) is 2. The van der Waals surface area contributed by atoms with Crippen molar-refractivity contribution in [2.45, 2.75) is 39.0 Å². The van der Waals surface area contributed by atoms with Gasteiger partial charge in [0.05, 0.1) is 6.42 Å². The van der Waals surface area contributed by atoms with E-state index in [9.17, 15) is 9.59 Å². The lowest BCUT2D eigenvalue weighted by Crippen LogP contribution is -2.38. The molecule has 27 heavy (non-hydrogen) atoms. The maximum atomic E-state index is 12.7. The van der Waals surface area contributed by atoms with Gasteiger partial charge in [0.25, 0.3) is 5.91 Å². The van der Waals surface area contributed by atoms with E-state index in [0.717, 1.165) is 12.0 Å². The summed E-state index contributed by atoms with van der Waals surface area (Å²) in [7, 11) is 0. The van der Waals surface area contributed by atoms with Crippen molar-refractivity contribution in [3.8, 4) is 0 Å². The predicted molar refractivity (Wildman–Crippen MR) is 107 cm³/mol. The highest BCUT2D eigenvalue weighted by molar-refractivity contribution is 5.92. The zero-order valence-electron chi connectivity index (χ0n) is 16.5. The molecule has 0 atom stereocenters. The molecular weight excluding hydrogens is 338 g/mol. The predicted octanol–water partition coefficient (Wildman–Crippen LogP) is 3.23. The van der Waals surface area contributed by atoms with Crippen LogP contribution in [0.5, 0.6) is 0 Å². The maximum absolute atomic E-state index is 12.7. The summed E-state index contributed by atoms with van der Waals surface area (Å²) in [6.07, 6.45) is 2.97. The molecule has 1 aromatic carbocycles. The number of carbonyl (C=O) groups is 2. The van der Waals surface area contributed by atoms with Gasteiger partial charge in [0.2, 0.25) is 5.91 Å². The molecule has 0 radical (unpaired) electrons. The van der Waals surface area contributed by atoms with Crippen molar-refractivity contribution in [2.75, 3.05) is 26.2 Å². The Labute approximate surface area is 161 Å². The summed E-state index contributed by atoms with van der Waals surface area (Å²) in [5, 5.41) is 0. The molecule has 144 valence electrons. The van der Waals surface area contributed by atoms with Crippen LogP contribution >= 0.6 is 0 Å². The second kappa shape index (κ2) is 7.99. The van der Waals surface area contributed by atoms with Gasteiger partial charge in [-0.05, 0) is 35.1 Å². The van der Waals surface area contributed by atoms with Crippen LogP contribution in [-0.2, 0) is 16.6 Å². The number of hydrogen-bond acceptors (Lipinski definition) is 2. The van der Waals surface area contributed by atoms with Gasteiger partial charge in [-0.25, -0.2) is 0 Å². The Balaban J connectivity index is 1.57. The van der Waals surface area contributed by atoms with Gasteiger partial charge in [-0.3, -0.25) is 9.59 Å². The van der Waals surface area contributed by atoms with Gasteiger partial charge < -0.3 is 14.8 Å². The highest BCUT2D eigenvalue weighted by Gasteiger charge is 2.23. The first-order valence-electron chi connectivity index (χ1n) is 9.64. The molecule has 1 saturated heterocycles. The quantitative estimate of drug-likeness (QED) is 0.905. The Morgan fingerprint density at radius 3 is 2.26 bits per heavy atom. The minimum atomic E-state index is 0.00654. The van der Waals surface area contributed by atoms with E-state index in [-0.39, 0.29) is 17.2 Å². The molecule has 1 N–H and O–H groups in total. The average molecular weight is 367 g/mol. The lowest BCUT2D eigenvalue weighted by Gasteiger charge is -2.22. The minimum absolute atomic E-state index is 0.00654. The summed E-state index contributed by atoms with van der Waals surface area (Å²) in [5.74, 6) is 0.139. The number of hydrogen-bond donors (Lipinski definition) is 1. The van der Waals surface area contributed by atoms with Crippen LogP contribution in [0.3, 0.4) is 0 Å². The van der Waals surface area contributed by atoms with Crippen LogP contribution in [0.15, 0.2) is 42.6 Å². The fourth-order valence-corrected chi connectivity index (χ4v) is 3.41. The first-order chi connectivity index (χ1) is 12.8. The molecule has 0 unspecified atom stereocenters. The van der Waals surface area contributed by atoms with Crippen LogP contribution in [-0.4, -0.2) is 52.8 Å². The van der Waals surface area contributed by atoms with Crippen LogP contribution in [0, 0.1) is 0 Å². The average Bonchev–Trinajstić information content (AvgIpc) is 3.05. The van der Waals surface area contributed by atoms with Crippen molar-refractivity contribution in [3.05, 3.63) is 59.4 Å². The van der Waals surface area contributed by atoms with Gasteiger partial charge in [-0.1, -0.05) is 45.0 Å². The van der Waals surface area contributed by atoms with Crippen LogP contribution in [0.25, 0.3) is 0 Å². The first kappa shape index (κ1) is 19.2. The smallest absolute Gasteiger partial charge is 0.270 e. The summed E-state index contributed by atoms with van der Waals surface area (Å²) in [6, 6.07) is 11.9. The molecule has 0 bridgehead atoms. The third-order valence-electron chi connectivity index (χ3n) is 5.14. The Morgan fingerprint density at radius 2 is 1.63 bits per heavy atom. The van der Waals surface area contributed by atoms with E-state index in [2.05, 4.69) is 50.0 Å². The number of amides is 2. The molecule has 2 aromatic rings.